The molecule has 0 aliphatic rings. The highest BCUT2D eigenvalue weighted by atomic mass is 32.1. The summed E-state index contributed by atoms with van der Waals surface area (Å²) in [6.45, 7) is 3.40. The van der Waals surface area contributed by atoms with E-state index in [2.05, 4.69) is 10.4 Å². The van der Waals surface area contributed by atoms with E-state index in [1.54, 1.807) is 13.0 Å². The Kier molecular flexibility index (Phi) is 5.89. The second-order valence-corrected chi connectivity index (χ2v) is 8.51. The molecule has 4 aromatic rings. The van der Waals surface area contributed by atoms with E-state index >= 15 is 0 Å². The number of para-hydroxylation sites is 1. The molecule has 0 fully saturated rings. The molecule has 2 aromatic heterocycles. The number of carbonyl (C=O) groups excluding carboxylic acids is 2. The average molecular weight is 463 g/mol. The second kappa shape index (κ2) is 8.79. The largest absolute Gasteiger partial charge is 0.365 e. The fourth-order valence-corrected chi connectivity index (χ4v) is 4.63. The predicted molar refractivity (Wildman–Crippen MR) is 125 cm³/mol. The van der Waals surface area contributed by atoms with E-state index in [0.29, 0.717) is 11.3 Å². The summed E-state index contributed by atoms with van der Waals surface area (Å²) in [6, 6.07) is 16.3. The maximum absolute atomic E-state index is 14.3. The van der Waals surface area contributed by atoms with Crippen LogP contribution in [0.15, 0.2) is 65.5 Å². The molecule has 166 valence electrons. The molecule has 7 nitrogen and oxygen atoms in total. The van der Waals surface area contributed by atoms with Crippen LogP contribution in [0.4, 0.5) is 9.39 Å². The third kappa shape index (κ3) is 4.18. The van der Waals surface area contributed by atoms with Gasteiger partial charge in [-0.3, -0.25) is 14.4 Å². The molecular formula is C24H19FN4O3S. The van der Waals surface area contributed by atoms with Crippen LogP contribution in [-0.4, -0.2) is 21.6 Å². The van der Waals surface area contributed by atoms with Gasteiger partial charge in [-0.15, -0.1) is 11.3 Å². The van der Waals surface area contributed by atoms with Gasteiger partial charge in [0.15, 0.2) is 5.69 Å². The van der Waals surface area contributed by atoms with Gasteiger partial charge in [0.1, 0.15) is 16.5 Å². The van der Waals surface area contributed by atoms with Crippen molar-refractivity contribution in [2.24, 2.45) is 5.73 Å². The highest BCUT2D eigenvalue weighted by Gasteiger charge is 2.25. The van der Waals surface area contributed by atoms with Crippen molar-refractivity contribution in [3.05, 3.63) is 98.5 Å². The van der Waals surface area contributed by atoms with Crippen LogP contribution in [0.5, 0.6) is 0 Å². The lowest BCUT2D eigenvalue weighted by atomic mass is 10.0. The molecule has 9 heteroatoms. The number of nitrogens with one attached hydrogen (secondary N) is 1. The van der Waals surface area contributed by atoms with Crippen LogP contribution < -0.4 is 16.5 Å². The van der Waals surface area contributed by atoms with Crippen LogP contribution in [0.3, 0.4) is 0 Å². The monoisotopic (exact) mass is 462 g/mol. The SMILES string of the molecule is Cc1sc(NC(=O)c2nn(-c3ccccc3F)c(C)cc2=O)c(C(N)=O)c1-c1ccccc1. The van der Waals surface area contributed by atoms with Crippen molar-refractivity contribution in [1.29, 1.82) is 0 Å². The van der Waals surface area contributed by atoms with E-state index in [0.717, 1.165) is 10.4 Å². The molecule has 2 aromatic carbocycles. The molecule has 3 N–H and O–H groups in total. The number of benzene rings is 2. The molecule has 0 spiro atoms. The molecular weight excluding hydrogens is 443 g/mol. The smallest absolute Gasteiger partial charge is 0.280 e. The van der Waals surface area contributed by atoms with Gasteiger partial charge >= 0.3 is 0 Å². The predicted octanol–water partition coefficient (Wildman–Crippen LogP) is 4.07. The first kappa shape index (κ1) is 22.1. The average Bonchev–Trinajstić information content (AvgIpc) is 3.10. The first-order valence-electron chi connectivity index (χ1n) is 9.93. The van der Waals surface area contributed by atoms with E-state index in [9.17, 15) is 18.8 Å². The third-order valence-corrected chi connectivity index (χ3v) is 6.04. The Labute approximate surface area is 192 Å². The van der Waals surface area contributed by atoms with E-state index < -0.39 is 28.8 Å². The Balaban J connectivity index is 1.77. The van der Waals surface area contributed by atoms with E-state index in [-0.39, 0.29) is 16.3 Å². The normalized spacial score (nSPS) is 10.8. The van der Waals surface area contributed by atoms with Crippen molar-refractivity contribution in [3.8, 4) is 16.8 Å². The lowest BCUT2D eigenvalue weighted by Crippen LogP contribution is -2.27. The molecule has 0 aliphatic carbocycles. The van der Waals surface area contributed by atoms with Crippen molar-refractivity contribution in [2.75, 3.05) is 5.32 Å². The topological polar surface area (TPSA) is 107 Å². The Morgan fingerprint density at radius 1 is 1.06 bits per heavy atom. The number of aromatic nitrogens is 2. The van der Waals surface area contributed by atoms with Crippen LogP contribution >= 0.6 is 11.3 Å². The van der Waals surface area contributed by atoms with Crippen LogP contribution in [-0.2, 0) is 0 Å². The number of nitrogens with two attached hydrogens (primary N) is 1. The summed E-state index contributed by atoms with van der Waals surface area (Å²) >= 11 is 1.17. The number of hydrogen-bond acceptors (Lipinski definition) is 5. The Bertz CT molecular complexity index is 1440. The van der Waals surface area contributed by atoms with Gasteiger partial charge in [-0.05, 0) is 31.5 Å². The van der Waals surface area contributed by atoms with Crippen LogP contribution in [0.1, 0.15) is 31.4 Å². The number of primary amides is 1. The fraction of sp³-hybridized carbons (Fsp3) is 0.0833. The molecule has 0 aliphatic heterocycles. The highest BCUT2D eigenvalue weighted by Crippen LogP contribution is 2.39. The zero-order chi connectivity index (χ0) is 23.7. The lowest BCUT2D eigenvalue weighted by molar-refractivity contribution is 0.100. The van der Waals surface area contributed by atoms with Crippen LogP contribution in [0, 0.1) is 19.7 Å². The first-order chi connectivity index (χ1) is 15.8. The molecule has 0 saturated carbocycles. The van der Waals surface area contributed by atoms with E-state index in [1.165, 1.54) is 40.3 Å². The molecule has 2 amide bonds. The van der Waals surface area contributed by atoms with Crippen molar-refractivity contribution in [1.82, 2.24) is 9.78 Å². The number of amides is 2. The zero-order valence-electron chi connectivity index (χ0n) is 17.8. The summed E-state index contributed by atoms with van der Waals surface area (Å²) in [5, 5.41) is 6.91. The van der Waals surface area contributed by atoms with Gasteiger partial charge in [0.2, 0.25) is 5.43 Å². The molecule has 0 unspecified atom stereocenters. The number of carbonyl (C=O) groups is 2. The zero-order valence-corrected chi connectivity index (χ0v) is 18.6. The Morgan fingerprint density at radius 3 is 2.39 bits per heavy atom. The maximum Gasteiger partial charge on any atom is 0.280 e. The molecule has 4 rings (SSSR count). The molecule has 0 radical (unpaired) electrons. The van der Waals surface area contributed by atoms with Crippen molar-refractivity contribution in [3.63, 3.8) is 0 Å². The van der Waals surface area contributed by atoms with Crippen molar-refractivity contribution in [2.45, 2.75) is 13.8 Å². The van der Waals surface area contributed by atoms with Crippen molar-refractivity contribution < 1.29 is 14.0 Å². The number of halogens is 1. The fourth-order valence-electron chi connectivity index (χ4n) is 3.55. The summed E-state index contributed by atoms with van der Waals surface area (Å²) in [4.78, 5) is 38.6. The molecule has 0 atom stereocenters. The number of thiophene rings is 1. The summed E-state index contributed by atoms with van der Waals surface area (Å²) < 4.78 is 15.5. The van der Waals surface area contributed by atoms with Crippen LogP contribution in [0.2, 0.25) is 0 Å². The van der Waals surface area contributed by atoms with Gasteiger partial charge in [-0.2, -0.15) is 5.10 Å². The summed E-state index contributed by atoms with van der Waals surface area (Å²) in [5.41, 5.74) is 6.57. The number of rotatable bonds is 5. The molecule has 2 heterocycles. The number of hydrogen-bond donors (Lipinski definition) is 2. The highest BCUT2D eigenvalue weighted by molar-refractivity contribution is 7.17. The van der Waals surface area contributed by atoms with Gasteiger partial charge in [0.05, 0.1) is 5.56 Å². The lowest BCUT2D eigenvalue weighted by Gasteiger charge is -2.12. The number of aryl methyl sites for hydroxylation is 2. The van der Waals surface area contributed by atoms with Crippen LogP contribution in [0.25, 0.3) is 16.8 Å². The van der Waals surface area contributed by atoms with Gasteiger partial charge in [-0.25, -0.2) is 9.07 Å². The summed E-state index contributed by atoms with van der Waals surface area (Å²) in [6.07, 6.45) is 0. The Hall–Kier alpha value is -4.11. The van der Waals surface area contributed by atoms with Gasteiger partial charge in [0, 0.05) is 22.2 Å². The minimum Gasteiger partial charge on any atom is -0.365 e. The quantitative estimate of drug-likeness (QED) is 0.466. The molecule has 0 bridgehead atoms. The summed E-state index contributed by atoms with van der Waals surface area (Å²) in [7, 11) is 0. The minimum absolute atomic E-state index is 0.0974. The Morgan fingerprint density at radius 2 is 1.73 bits per heavy atom. The van der Waals surface area contributed by atoms with E-state index in [1.807, 2.05) is 37.3 Å². The first-order valence-corrected chi connectivity index (χ1v) is 10.8. The molecule has 33 heavy (non-hydrogen) atoms. The van der Waals surface area contributed by atoms with Gasteiger partial charge in [-0.1, -0.05) is 42.5 Å². The van der Waals surface area contributed by atoms with Gasteiger partial charge < -0.3 is 11.1 Å². The van der Waals surface area contributed by atoms with Crippen molar-refractivity contribution >= 4 is 28.2 Å². The molecule has 0 saturated heterocycles. The number of anilines is 1. The third-order valence-electron chi connectivity index (χ3n) is 5.02. The second-order valence-electron chi connectivity index (χ2n) is 7.28. The summed E-state index contributed by atoms with van der Waals surface area (Å²) in [5.74, 6) is -2.09. The maximum atomic E-state index is 14.3. The van der Waals surface area contributed by atoms with E-state index in [4.69, 9.17) is 5.73 Å². The standard InChI is InChI=1S/C24H19FN4O3S/c1-13-12-18(30)21(28-29(13)17-11-7-6-10-16(17)25)23(32)27-24-20(22(26)31)19(14(2)33-24)15-8-4-3-5-9-15/h3-12H,1-2H3,(H2,26,31)(H,27,32). The van der Waals surface area contributed by atoms with Gasteiger partial charge in [0.25, 0.3) is 11.8 Å². The minimum atomic E-state index is -0.826. The number of nitrogens with zero attached hydrogens (tertiary/aromatic N) is 2.